The molecular weight excluding hydrogens is 422 g/mol. The largest absolute Gasteiger partial charge is 0.379 e. The van der Waals surface area contributed by atoms with Gasteiger partial charge in [-0.05, 0) is 45.4 Å². The molecule has 0 saturated carbocycles. The second kappa shape index (κ2) is 25.9. The molecule has 1 N–H and O–H groups in total. The second-order valence-electron chi connectivity index (χ2n) is 9.13. The van der Waals surface area contributed by atoms with Crippen LogP contribution in [-0.2, 0) is 28.5 Å². The molecule has 0 fully saturated rings. The molecule has 0 aliphatic rings. The molecule has 0 bridgehead atoms. The SMILES string of the molecule is CC(C)CCCOCCOCCOCCOCCNC(=O)CCCCCCCCOC(C)C.[HH]. The van der Waals surface area contributed by atoms with Crippen LogP contribution < -0.4 is 5.32 Å². The van der Waals surface area contributed by atoms with Gasteiger partial charge in [-0.25, -0.2) is 0 Å². The standard InChI is InChI=1S/C26H53NO6.H2/c1-24(2)12-11-15-29-18-20-31-22-23-32-21-19-30-17-14-27-26(28)13-9-7-5-6-8-10-16-33-25(3)4;/h24-25H,5-23H2,1-4H3,(H,27,28);1H. The molecule has 0 unspecified atom stereocenters. The molecule has 7 nitrogen and oxygen atoms in total. The first kappa shape index (κ1) is 32.3. The Bertz CT molecular complexity index is 413. The second-order valence-corrected chi connectivity index (χ2v) is 9.13. The van der Waals surface area contributed by atoms with Gasteiger partial charge in [0.05, 0.1) is 52.4 Å². The van der Waals surface area contributed by atoms with E-state index in [9.17, 15) is 4.79 Å². The van der Waals surface area contributed by atoms with E-state index >= 15 is 0 Å². The highest BCUT2D eigenvalue weighted by Crippen LogP contribution is 2.07. The van der Waals surface area contributed by atoms with Crippen molar-refractivity contribution in [3.8, 4) is 0 Å². The van der Waals surface area contributed by atoms with E-state index in [-0.39, 0.29) is 7.33 Å². The van der Waals surface area contributed by atoms with Crippen molar-refractivity contribution in [1.29, 1.82) is 0 Å². The van der Waals surface area contributed by atoms with Crippen LogP contribution in [0.25, 0.3) is 0 Å². The van der Waals surface area contributed by atoms with Gasteiger partial charge in [0.25, 0.3) is 0 Å². The maximum atomic E-state index is 11.8. The summed E-state index contributed by atoms with van der Waals surface area (Å²) in [7, 11) is 0. The van der Waals surface area contributed by atoms with Crippen molar-refractivity contribution in [2.24, 2.45) is 5.92 Å². The normalized spacial score (nSPS) is 11.6. The van der Waals surface area contributed by atoms with Crippen LogP contribution in [0.2, 0.25) is 0 Å². The fraction of sp³-hybridized carbons (Fsp3) is 0.962. The molecule has 33 heavy (non-hydrogen) atoms. The van der Waals surface area contributed by atoms with E-state index in [1.807, 2.05) is 0 Å². The number of rotatable bonds is 26. The van der Waals surface area contributed by atoms with Crippen LogP contribution in [0.3, 0.4) is 0 Å². The minimum absolute atomic E-state index is 0. The number of hydrogen-bond donors (Lipinski definition) is 1. The Labute approximate surface area is 205 Å². The number of unbranched alkanes of at least 4 members (excludes halogenated alkanes) is 5. The van der Waals surface area contributed by atoms with Gasteiger partial charge >= 0.3 is 0 Å². The summed E-state index contributed by atoms with van der Waals surface area (Å²) in [6.07, 6.45) is 10.1. The number of hydrogen-bond acceptors (Lipinski definition) is 6. The zero-order valence-corrected chi connectivity index (χ0v) is 22.0. The van der Waals surface area contributed by atoms with Gasteiger partial charge < -0.3 is 29.0 Å². The summed E-state index contributed by atoms with van der Waals surface area (Å²) in [5.41, 5.74) is 0. The van der Waals surface area contributed by atoms with E-state index in [0.717, 1.165) is 44.8 Å². The van der Waals surface area contributed by atoms with E-state index in [2.05, 4.69) is 33.0 Å². The summed E-state index contributed by atoms with van der Waals surface area (Å²) in [5.74, 6) is 0.849. The summed E-state index contributed by atoms with van der Waals surface area (Å²) in [4.78, 5) is 11.8. The van der Waals surface area contributed by atoms with E-state index in [4.69, 9.17) is 23.7 Å². The molecule has 0 aromatic rings. The Morgan fingerprint density at radius 1 is 0.636 bits per heavy atom. The summed E-state index contributed by atoms with van der Waals surface area (Å²) in [6.45, 7) is 14.7. The Hall–Kier alpha value is -0.730. The molecule has 0 spiro atoms. The van der Waals surface area contributed by atoms with Gasteiger partial charge in [0, 0.05) is 27.6 Å². The van der Waals surface area contributed by atoms with Gasteiger partial charge in [0.1, 0.15) is 0 Å². The first-order chi connectivity index (χ1) is 16.0. The number of carbonyl (C=O) groups excluding carboxylic acids is 1. The predicted molar refractivity (Wildman–Crippen MR) is 136 cm³/mol. The summed E-state index contributed by atoms with van der Waals surface area (Å²) >= 11 is 0. The zero-order valence-electron chi connectivity index (χ0n) is 22.0. The Balaban J connectivity index is 0. The molecule has 0 rings (SSSR count). The van der Waals surface area contributed by atoms with Crippen molar-refractivity contribution in [2.75, 3.05) is 66.0 Å². The lowest BCUT2D eigenvalue weighted by Gasteiger charge is -2.09. The minimum Gasteiger partial charge on any atom is -0.379 e. The molecule has 0 saturated heterocycles. The van der Waals surface area contributed by atoms with Gasteiger partial charge in [0.15, 0.2) is 0 Å². The Morgan fingerprint density at radius 3 is 1.73 bits per heavy atom. The molecule has 7 heteroatoms. The van der Waals surface area contributed by atoms with Crippen molar-refractivity contribution >= 4 is 5.91 Å². The van der Waals surface area contributed by atoms with E-state index in [1.54, 1.807) is 0 Å². The van der Waals surface area contributed by atoms with Crippen molar-refractivity contribution < 1.29 is 29.9 Å². The molecule has 0 aromatic carbocycles. The molecule has 0 atom stereocenters. The van der Waals surface area contributed by atoms with Crippen LogP contribution in [-0.4, -0.2) is 78.0 Å². The van der Waals surface area contributed by atoms with Crippen LogP contribution in [0.15, 0.2) is 0 Å². The van der Waals surface area contributed by atoms with Crippen molar-refractivity contribution in [1.82, 2.24) is 5.32 Å². The fourth-order valence-electron chi connectivity index (χ4n) is 3.12. The smallest absolute Gasteiger partial charge is 0.220 e. The van der Waals surface area contributed by atoms with Gasteiger partial charge in [-0.3, -0.25) is 4.79 Å². The van der Waals surface area contributed by atoms with E-state index in [1.165, 1.54) is 25.7 Å². The van der Waals surface area contributed by atoms with Gasteiger partial charge in [-0.15, -0.1) is 0 Å². The summed E-state index contributed by atoms with van der Waals surface area (Å²) in [6, 6.07) is 0. The van der Waals surface area contributed by atoms with Gasteiger partial charge in [-0.1, -0.05) is 39.5 Å². The molecule has 200 valence electrons. The Morgan fingerprint density at radius 2 is 1.15 bits per heavy atom. The molecule has 0 aromatic heterocycles. The van der Waals surface area contributed by atoms with E-state index in [0.29, 0.717) is 65.3 Å². The van der Waals surface area contributed by atoms with Gasteiger partial charge in [-0.2, -0.15) is 0 Å². The Kier molecular flexibility index (Phi) is 25.3. The topological polar surface area (TPSA) is 75.3 Å². The molecule has 1 amide bonds. The van der Waals surface area contributed by atoms with Crippen LogP contribution >= 0.6 is 0 Å². The minimum atomic E-state index is 0. The molecule has 0 radical (unpaired) electrons. The fourth-order valence-corrected chi connectivity index (χ4v) is 3.12. The third-order valence-electron chi connectivity index (χ3n) is 5.00. The van der Waals surface area contributed by atoms with Crippen LogP contribution in [0.5, 0.6) is 0 Å². The third kappa shape index (κ3) is 29.2. The number of amides is 1. The van der Waals surface area contributed by atoms with Crippen LogP contribution in [0.1, 0.15) is 86.9 Å². The van der Waals surface area contributed by atoms with Crippen molar-refractivity contribution in [3.05, 3.63) is 0 Å². The first-order valence-electron chi connectivity index (χ1n) is 13.2. The predicted octanol–water partition coefficient (Wildman–Crippen LogP) is 5.01. The lowest BCUT2D eigenvalue weighted by Crippen LogP contribution is -2.27. The molecule has 0 aliphatic carbocycles. The maximum absolute atomic E-state index is 11.8. The van der Waals surface area contributed by atoms with Crippen molar-refractivity contribution in [3.63, 3.8) is 0 Å². The zero-order chi connectivity index (χ0) is 24.4. The highest BCUT2D eigenvalue weighted by molar-refractivity contribution is 5.75. The molecule has 0 heterocycles. The van der Waals surface area contributed by atoms with Gasteiger partial charge in [0.2, 0.25) is 5.91 Å². The van der Waals surface area contributed by atoms with E-state index < -0.39 is 0 Å². The van der Waals surface area contributed by atoms with Crippen LogP contribution in [0.4, 0.5) is 0 Å². The summed E-state index contributed by atoms with van der Waals surface area (Å²) in [5, 5.41) is 2.91. The number of carbonyl (C=O) groups is 1. The highest BCUT2D eigenvalue weighted by Gasteiger charge is 2.01. The average Bonchev–Trinajstić information content (AvgIpc) is 2.77. The quantitative estimate of drug-likeness (QED) is 0.177. The number of nitrogens with one attached hydrogen (secondary N) is 1. The lowest BCUT2D eigenvalue weighted by atomic mass is 10.1. The molecular formula is C26H55NO6. The first-order valence-corrected chi connectivity index (χ1v) is 13.2. The molecule has 0 aliphatic heterocycles. The highest BCUT2D eigenvalue weighted by atomic mass is 16.6. The third-order valence-corrected chi connectivity index (χ3v) is 5.00. The number of ether oxygens (including phenoxy) is 5. The summed E-state index contributed by atoms with van der Waals surface area (Å²) < 4.78 is 27.5. The van der Waals surface area contributed by atoms with Crippen LogP contribution in [0, 0.1) is 5.92 Å². The van der Waals surface area contributed by atoms with Crippen molar-refractivity contribution in [2.45, 2.75) is 91.6 Å². The lowest BCUT2D eigenvalue weighted by molar-refractivity contribution is -0.121. The monoisotopic (exact) mass is 477 g/mol. The average molecular weight is 478 g/mol. The maximum Gasteiger partial charge on any atom is 0.220 e.